The van der Waals surface area contributed by atoms with Gasteiger partial charge in [0, 0.05) is 17.7 Å². The maximum Gasteiger partial charge on any atom is 0.239 e. The molecule has 0 amide bonds. The quantitative estimate of drug-likeness (QED) is 0.0913. The first-order valence-corrected chi connectivity index (χ1v) is 16.1. The molecular weight excluding hydrogens is 720 g/mol. The average molecular weight is 759 g/mol. The van der Waals surface area contributed by atoms with E-state index in [0.29, 0.717) is 0 Å². The fourth-order valence-corrected chi connectivity index (χ4v) is 5.97. The molecular formula is C32H38O21. The van der Waals surface area contributed by atoms with E-state index in [1.165, 1.54) is 6.07 Å². The lowest BCUT2D eigenvalue weighted by Crippen LogP contribution is -2.61. The second kappa shape index (κ2) is 15.4. The molecule has 0 saturated carbocycles. The number of aromatic hydroxyl groups is 3. The zero-order chi connectivity index (χ0) is 38.5. The first-order valence-electron chi connectivity index (χ1n) is 16.1. The molecule has 3 aliphatic heterocycles. The van der Waals surface area contributed by atoms with Gasteiger partial charge in [-0.15, -0.1) is 0 Å². The Morgan fingerprint density at radius 3 is 1.94 bits per heavy atom. The predicted molar refractivity (Wildman–Crippen MR) is 168 cm³/mol. The summed E-state index contributed by atoms with van der Waals surface area (Å²) >= 11 is 0. The van der Waals surface area contributed by atoms with Crippen molar-refractivity contribution in [2.24, 2.45) is 0 Å². The highest BCUT2D eigenvalue weighted by atomic mass is 16.7. The fourth-order valence-electron chi connectivity index (χ4n) is 5.97. The van der Waals surface area contributed by atoms with E-state index in [2.05, 4.69) is 0 Å². The van der Waals surface area contributed by atoms with Crippen molar-refractivity contribution in [3.05, 3.63) is 40.6 Å². The van der Waals surface area contributed by atoms with Gasteiger partial charge in [0.25, 0.3) is 0 Å². The molecule has 3 aromatic rings. The van der Waals surface area contributed by atoms with E-state index in [4.69, 9.17) is 32.8 Å². The van der Waals surface area contributed by atoms with Crippen molar-refractivity contribution in [2.75, 3.05) is 19.8 Å². The van der Waals surface area contributed by atoms with Gasteiger partial charge >= 0.3 is 0 Å². The summed E-state index contributed by atoms with van der Waals surface area (Å²) in [5.41, 5.74) is -1.65. The third-order valence-electron chi connectivity index (χ3n) is 9.03. The van der Waals surface area contributed by atoms with Crippen LogP contribution in [-0.2, 0) is 18.9 Å². The Hall–Kier alpha value is -3.91. The Kier molecular flexibility index (Phi) is 11.3. The number of phenols is 3. The van der Waals surface area contributed by atoms with Crippen molar-refractivity contribution in [2.45, 2.75) is 86.0 Å². The molecule has 14 atom stereocenters. The number of fused-ring (bicyclic) bond motifs is 1. The normalized spacial score (nSPS) is 36.3. The van der Waals surface area contributed by atoms with Crippen LogP contribution in [0.3, 0.4) is 0 Å². The van der Waals surface area contributed by atoms with Crippen LogP contribution in [0.15, 0.2) is 39.5 Å². The van der Waals surface area contributed by atoms with Gasteiger partial charge in [-0.2, -0.15) is 0 Å². The molecule has 21 heteroatoms. The minimum absolute atomic E-state index is 0.121. The summed E-state index contributed by atoms with van der Waals surface area (Å²) in [6.07, 6.45) is -24.0. The molecule has 6 rings (SSSR count). The molecule has 0 unspecified atom stereocenters. The standard InChI is InChI=1S/C32H38O21/c33-6-16-20(39)23(42)26(45)31(51-16)49-10-4-13(36)18-15(5-10)50-28(9-1-2-11(34)12(35)3-9)29(22(18)41)53-32-27(46)24(43)21(40)17(52-32)8-48-30-25(44)19(38)14(37)7-47-30/h1-5,14,16-17,19-21,23-27,30-40,42-46H,6-8H2/t14-,16-,17-,19+,20+,21-,23-,24+,25-,26-,27-,30+,31-,32+/m0/s1. The first kappa shape index (κ1) is 38.8. The molecule has 1 aromatic heterocycles. The van der Waals surface area contributed by atoms with E-state index in [1.807, 2.05) is 0 Å². The third kappa shape index (κ3) is 7.45. The van der Waals surface area contributed by atoms with Crippen LogP contribution in [0, 0.1) is 0 Å². The lowest BCUT2D eigenvalue weighted by molar-refractivity contribution is -0.307. The van der Waals surface area contributed by atoms with Gasteiger partial charge in [-0.1, -0.05) is 0 Å². The van der Waals surface area contributed by atoms with Gasteiger partial charge in [0.15, 0.2) is 23.5 Å². The molecule has 292 valence electrons. The minimum atomic E-state index is -2.05. The molecule has 21 nitrogen and oxygen atoms in total. The number of aliphatic hydroxyl groups excluding tert-OH is 10. The summed E-state index contributed by atoms with van der Waals surface area (Å²) in [6.45, 7) is -1.82. The van der Waals surface area contributed by atoms with Crippen LogP contribution < -0.4 is 14.9 Å². The van der Waals surface area contributed by atoms with E-state index >= 15 is 0 Å². The highest BCUT2D eigenvalue weighted by Crippen LogP contribution is 2.40. The lowest BCUT2D eigenvalue weighted by Gasteiger charge is -2.41. The molecule has 0 spiro atoms. The molecule has 3 saturated heterocycles. The van der Waals surface area contributed by atoms with Gasteiger partial charge in [0.1, 0.15) is 89.6 Å². The highest BCUT2D eigenvalue weighted by molar-refractivity contribution is 5.88. The van der Waals surface area contributed by atoms with Crippen LogP contribution in [0.1, 0.15) is 0 Å². The van der Waals surface area contributed by atoms with Gasteiger partial charge in [0.2, 0.25) is 23.8 Å². The molecule has 4 heterocycles. The smallest absolute Gasteiger partial charge is 0.239 e. The van der Waals surface area contributed by atoms with Crippen LogP contribution >= 0.6 is 0 Å². The molecule has 13 N–H and O–H groups in total. The van der Waals surface area contributed by atoms with Gasteiger partial charge in [0.05, 0.1) is 19.8 Å². The monoisotopic (exact) mass is 758 g/mol. The van der Waals surface area contributed by atoms with Crippen molar-refractivity contribution in [1.82, 2.24) is 0 Å². The number of ether oxygens (including phenoxy) is 6. The Balaban J connectivity index is 1.34. The number of benzene rings is 2. The number of hydrogen-bond donors (Lipinski definition) is 13. The molecule has 3 fully saturated rings. The molecule has 3 aliphatic rings. The van der Waals surface area contributed by atoms with Crippen molar-refractivity contribution in [3.8, 4) is 40.1 Å². The zero-order valence-electron chi connectivity index (χ0n) is 27.2. The average Bonchev–Trinajstić information content (AvgIpc) is 3.13. The largest absolute Gasteiger partial charge is 0.507 e. The minimum Gasteiger partial charge on any atom is -0.507 e. The lowest BCUT2D eigenvalue weighted by atomic mass is 9.99. The van der Waals surface area contributed by atoms with Crippen molar-refractivity contribution >= 4 is 11.0 Å². The van der Waals surface area contributed by atoms with Gasteiger partial charge in [-0.25, -0.2) is 0 Å². The van der Waals surface area contributed by atoms with Crippen molar-refractivity contribution in [1.29, 1.82) is 0 Å². The second-order valence-electron chi connectivity index (χ2n) is 12.6. The Labute approximate surface area is 296 Å². The third-order valence-corrected chi connectivity index (χ3v) is 9.03. The van der Waals surface area contributed by atoms with Gasteiger partial charge in [-0.3, -0.25) is 4.79 Å². The van der Waals surface area contributed by atoms with Gasteiger partial charge < -0.3 is 99.2 Å². The summed E-state index contributed by atoms with van der Waals surface area (Å²) in [5, 5.41) is 133. The molecule has 2 aromatic carbocycles. The number of rotatable bonds is 9. The highest BCUT2D eigenvalue weighted by Gasteiger charge is 2.48. The zero-order valence-corrected chi connectivity index (χ0v) is 27.2. The molecule has 0 aliphatic carbocycles. The summed E-state index contributed by atoms with van der Waals surface area (Å²) < 4.78 is 38.8. The van der Waals surface area contributed by atoms with Crippen LogP contribution in [0.25, 0.3) is 22.3 Å². The van der Waals surface area contributed by atoms with Crippen molar-refractivity contribution < 1.29 is 99.2 Å². The number of phenolic OH excluding ortho intramolecular Hbond substituents is 3. The van der Waals surface area contributed by atoms with E-state index in [9.17, 15) is 71.2 Å². The summed E-state index contributed by atoms with van der Waals surface area (Å²) in [4.78, 5) is 14.0. The van der Waals surface area contributed by atoms with Crippen LogP contribution in [-0.4, -0.2) is 172 Å². The SMILES string of the molecule is O=c1c(O[C@H]2O[C@@H](CO[C@H]3OC[C@H](O)[C@@H](O)[C@@H]3O)[C@H](O)[C@@H](O)[C@@H]2O)c(-c2ccc(O)c(O)c2)oc2cc(O[C@H]3O[C@@H](CO)[C@@H](O)[C@H](O)[C@@H]3O)cc(O)c12. The molecule has 0 bridgehead atoms. The number of hydrogen-bond acceptors (Lipinski definition) is 21. The van der Waals surface area contributed by atoms with Crippen molar-refractivity contribution in [3.63, 3.8) is 0 Å². The molecule has 53 heavy (non-hydrogen) atoms. The Morgan fingerprint density at radius 2 is 1.28 bits per heavy atom. The van der Waals surface area contributed by atoms with E-state index in [0.717, 1.165) is 24.3 Å². The summed E-state index contributed by atoms with van der Waals surface area (Å²) in [6, 6.07) is 5.14. The van der Waals surface area contributed by atoms with E-state index in [-0.39, 0.29) is 11.3 Å². The van der Waals surface area contributed by atoms with Gasteiger partial charge in [-0.05, 0) is 18.2 Å². The Morgan fingerprint density at radius 1 is 0.660 bits per heavy atom. The van der Waals surface area contributed by atoms with Crippen LogP contribution in [0.5, 0.6) is 28.7 Å². The van der Waals surface area contributed by atoms with Crippen LogP contribution in [0.4, 0.5) is 0 Å². The summed E-state index contributed by atoms with van der Waals surface area (Å²) in [5.74, 6) is -3.63. The van der Waals surface area contributed by atoms with E-state index in [1.54, 1.807) is 0 Å². The topological polar surface area (TPSA) is 349 Å². The maximum absolute atomic E-state index is 14.0. The number of aliphatic hydroxyl groups is 10. The maximum atomic E-state index is 14.0. The fraction of sp³-hybridized carbons (Fsp3) is 0.531. The second-order valence-corrected chi connectivity index (χ2v) is 12.6. The first-order chi connectivity index (χ1) is 25.1. The summed E-state index contributed by atoms with van der Waals surface area (Å²) in [7, 11) is 0. The van der Waals surface area contributed by atoms with E-state index < -0.39 is 151 Å². The molecule has 0 radical (unpaired) electrons. The van der Waals surface area contributed by atoms with Crippen LogP contribution in [0.2, 0.25) is 0 Å². The Bertz CT molecular complexity index is 1820. The predicted octanol–water partition coefficient (Wildman–Crippen LogP) is -4.60.